The number of carbonyl (C=O) groups is 1. The van der Waals surface area contributed by atoms with Crippen LogP contribution in [0.1, 0.15) is 51.9 Å². The summed E-state index contributed by atoms with van der Waals surface area (Å²) in [6.07, 6.45) is 7.28. The summed E-state index contributed by atoms with van der Waals surface area (Å²) in [6.45, 7) is 5.04. The summed E-state index contributed by atoms with van der Waals surface area (Å²) in [5, 5.41) is 3.10. The lowest BCUT2D eigenvalue weighted by Crippen LogP contribution is -2.50. The number of piperidine rings is 1. The van der Waals surface area contributed by atoms with E-state index in [0.29, 0.717) is 25.6 Å². The van der Waals surface area contributed by atoms with Gasteiger partial charge in [-0.15, -0.1) is 0 Å². The van der Waals surface area contributed by atoms with Crippen molar-refractivity contribution in [2.24, 2.45) is 11.8 Å². The van der Waals surface area contributed by atoms with E-state index >= 15 is 0 Å². The predicted octanol–water partition coefficient (Wildman–Crippen LogP) is 2.02. The number of rotatable bonds is 3. The van der Waals surface area contributed by atoms with Gasteiger partial charge in [-0.25, -0.2) is 13.2 Å². The van der Waals surface area contributed by atoms with Crippen LogP contribution in [0.15, 0.2) is 0 Å². The van der Waals surface area contributed by atoms with E-state index in [2.05, 4.69) is 12.2 Å². The standard InChI is InChI=1S/C17H31N3O3S/c1-14-4-2-5-15(12-14)13-18-17(21)19-9-6-16(7-10-19)20-8-3-11-24(20,22)23/h14-16H,2-13H2,1H3,(H,18,21). The molecule has 138 valence electrons. The van der Waals surface area contributed by atoms with E-state index < -0.39 is 10.0 Å². The van der Waals surface area contributed by atoms with Gasteiger partial charge in [-0.2, -0.15) is 4.31 Å². The second-order valence-corrected chi connectivity index (χ2v) is 9.86. The highest BCUT2D eigenvalue weighted by Gasteiger charge is 2.36. The maximum absolute atomic E-state index is 12.4. The van der Waals surface area contributed by atoms with Crippen molar-refractivity contribution in [1.82, 2.24) is 14.5 Å². The molecule has 0 radical (unpaired) electrons. The van der Waals surface area contributed by atoms with E-state index in [9.17, 15) is 13.2 Å². The molecule has 0 aromatic carbocycles. The van der Waals surface area contributed by atoms with Crippen LogP contribution in [-0.4, -0.2) is 61.6 Å². The van der Waals surface area contributed by atoms with E-state index in [0.717, 1.165) is 31.7 Å². The average molecular weight is 358 g/mol. The van der Waals surface area contributed by atoms with Gasteiger partial charge < -0.3 is 10.2 Å². The van der Waals surface area contributed by atoms with Gasteiger partial charge in [-0.05, 0) is 43.9 Å². The molecule has 2 unspecified atom stereocenters. The monoisotopic (exact) mass is 357 g/mol. The molecule has 3 rings (SSSR count). The van der Waals surface area contributed by atoms with Crippen molar-refractivity contribution < 1.29 is 13.2 Å². The Balaban J connectivity index is 1.42. The molecule has 0 spiro atoms. The summed E-state index contributed by atoms with van der Waals surface area (Å²) in [6, 6.07) is 0.108. The van der Waals surface area contributed by atoms with Crippen molar-refractivity contribution in [1.29, 1.82) is 0 Å². The molecule has 0 bridgehead atoms. The Morgan fingerprint density at radius 2 is 1.83 bits per heavy atom. The zero-order chi connectivity index (χ0) is 17.2. The molecule has 2 saturated heterocycles. The van der Waals surface area contributed by atoms with Crippen LogP contribution in [0, 0.1) is 11.8 Å². The van der Waals surface area contributed by atoms with E-state index in [1.54, 1.807) is 4.31 Å². The third kappa shape index (κ3) is 4.23. The van der Waals surface area contributed by atoms with Crippen LogP contribution in [-0.2, 0) is 10.0 Å². The average Bonchev–Trinajstić information content (AvgIpc) is 2.92. The van der Waals surface area contributed by atoms with Gasteiger partial charge in [-0.1, -0.05) is 19.8 Å². The first-order chi connectivity index (χ1) is 11.5. The third-order valence-corrected chi connectivity index (χ3v) is 7.88. The molecule has 2 aliphatic heterocycles. The Morgan fingerprint density at radius 3 is 2.46 bits per heavy atom. The molecule has 6 nitrogen and oxygen atoms in total. The highest BCUT2D eigenvalue weighted by Crippen LogP contribution is 2.28. The summed E-state index contributed by atoms with van der Waals surface area (Å²) in [5.41, 5.74) is 0. The van der Waals surface area contributed by atoms with E-state index in [-0.39, 0.29) is 17.8 Å². The Labute approximate surface area is 146 Å². The van der Waals surface area contributed by atoms with Crippen LogP contribution in [0.2, 0.25) is 0 Å². The van der Waals surface area contributed by atoms with Crippen LogP contribution in [0.3, 0.4) is 0 Å². The molecular formula is C17H31N3O3S. The van der Waals surface area contributed by atoms with Gasteiger partial charge >= 0.3 is 6.03 Å². The lowest BCUT2D eigenvalue weighted by molar-refractivity contribution is 0.157. The number of amides is 2. The number of urea groups is 1. The molecule has 1 aliphatic carbocycles. The number of nitrogens with one attached hydrogen (secondary N) is 1. The van der Waals surface area contributed by atoms with Crippen LogP contribution >= 0.6 is 0 Å². The Kier molecular flexibility index (Phi) is 5.70. The lowest BCUT2D eigenvalue weighted by atomic mass is 9.82. The molecule has 1 saturated carbocycles. The van der Waals surface area contributed by atoms with Crippen molar-refractivity contribution in [2.45, 2.75) is 57.9 Å². The SMILES string of the molecule is CC1CCCC(CNC(=O)N2CCC(N3CCCS3(=O)=O)CC2)C1. The second kappa shape index (κ2) is 7.60. The Hall–Kier alpha value is -0.820. The fourth-order valence-corrected chi connectivity index (χ4v) is 6.32. The number of nitrogens with zero attached hydrogens (tertiary/aromatic N) is 2. The molecule has 0 aromatic rings. The van der Waals surface area contributed by atoms with E-state index in [1.807, 2.05) is 4.90 Å². The highest BCUT2D eigenvalue weighted by atomic mass is 32.2. The Bertz CT molecular complexity index is 543. The summed E-state index contributed by atoms with van der Waals surface area (Å²) in [4.78, 5) is 14.2. The van der Waals surface area contributed by atoms with Gasteiger partial charge in [0.1, 0.15) is 0 Å². The normalized spacial score (nSPS) is 32.0. The molecule has 3 fully saturated rings. The molecule has 2 amide bonds. The number of hydrogen-bond acceptors (Lipinski definition) is 3. The van der Waals surface area contributed by atoms with E-state index in [4.69, 9.17) is 0 Å². The van der Waals surface area contributed by atoms with Gasteiger partial charge in [0.2, 0.25) is 10.0 Å². The van der Waals surface area contributed by atoms with Crippen molar-refractivity contribution in [2.75, 3.05) is 31.9 Å². The maximum atomic E-state index is 12.4. The molecule has 24 heavy (non-hydrogen) atoms. The van der Waals surface area contributed by atoms with Crippen molar-refractivity contribution in [3.63, 3.8) is 0 Å². The smallest absolute Gasteiger partial charge is 0.317 e. The van der Waals surface area contributed by atoms with Crippen molar-refractivity contribution in [3.05, 3.63) is 0 Å². The topological polar surface area (TPSA) is 69.7 Å². The van der Waals surface area contributed by atoms with E-state index in [1.165, 1.54) is 25.7 Å². The number of carbonyl (C=O) groups excluding carboxylic acids is 1. The minimum Gasteiger partial charge on any atom is -0.338 e. The minimum atomic E-state index is -3.04. The molecule has 0 aromatic heterocycles. The zero-order valence-electron chi connectivity index (χ0n) is 14.7. The first-order valence-corrected chi connectivity index (χ1v) is 11.1. The fourth-order valence-electron chi connectivity index (χ4n) is 4.51. The molecule has 3 aliphatic rings. The van der Waals surface area contributed by atoms with Gasteiger partial charge in [0.15, 0.2) is 0 Å². The largest absolute Gasteiger partial charge is 0.338 e. The van der Waals surface area contributed by atoms with Crippen LogP contribution in [0.5, 0.6) is 0 Å². The van der Waals surface area contributed by atoms with Crippen molar-refractivity contribution in [3.8, 4) is 0 Å². The van der Waals surface area contributed by atoms with Crippen LogP contribution in [0.4, 0.5) is 4.79 Å². The zero-order valence-corrected chi connectivity index (χ0v) is 15.6. The second-order valence-electron chi connectivity index (χ2n) is 7.82. The van der Waals surface area contributed by atoms with Gasteiger partial charge in [0.25, 0.3) is 0 Å². The Morgan fingerprint density at radius 1 is 1.08 bits per heavy atom. The number of hydrogen-bond donors (Lipinski definition) is 1. The van der Waals surface area contributed by atoms with Gasteiger partial charge in [0.05, 0.1) is 5.75 Å². The van der Waals surface area contributed by atoms with Gasteiger partial charge in [-0.3, -0.25) is 0 Å². The first kappa shape index (κ1) is 18.0. The number of sulfonamides is 1. The summed E-state index contributed by atoms with van der Waals surface area (Å²) in [5.74, 6) is 1.68. The minimum absolute atomic E-state index is 0.0240. The van der Waals surface area contributed by atoms with Crippen LogP contribution in [0.25, 0.3) is 0 Å². The molecule has 1 N–H and O–H groups in total. The molecule has 2 atom stereocenters. The maximum Gasteiger partial charge on any atom is 0.317 e. The van der Waals surface area contributed by atoms with Crippen molar-refractivity contribution >= 4 is 16.1 Å². The molecular weight excluding hydrogens is 326 g/mol. The first-order valence-electron chi connectivity index (χ1n) is 9.48. The summed E-state index contributed by atoms with van der Waals surface area (Å²) in [7, 11) is -3.04. The molecule has 2 heterocycles. The summed E-state index contributed by atoms with van der Waals surface area (Å²) >= 11 is 0. The third-order valence-electron chi connectivity index (χ3n) is 5.88. The fraction of sp³-hybridized carbons (Fsp3) is 0.941. The summed E-state index contributed by atoms with van der Waals surface area (Å²) < 4.78 is 25.7. The quantitative estimate of drug-likeness (QED) is 0.840. The van der Waals surface area contributed by atoms with Gasteiger partial charge in [0, 0.05) is 32.2 Å². The molecule has 7 heteroatoms. The van der Waals surface area contributed by atoms with Crippen LogP contribution < -0.4 is 5.32 Å². The predicted molar refractivity (Wildman–Crippen MR) is 94.2 cm³/mol. The number of likely N-dealkylation sites (tertiary alicyclic amines) is 1. The highest BCUT2D eigenvalue weighted by molar-refractivity contribution is 7.89. The lowest BCUT2D eigenvalue weighted by Gasteiger charge is -2.36.